The Kier molecular flexibility index (Phi) is 9.54. The topological polar surface area (TPSA) is 95.3 Å². The molecule has 1 amide bonds. The molecule has 1 saturated carbocycles. The lowest BCUT2D eigenvalue weighted by molar-refractivity contribution is -0.127. The number of rotatable bonds is 12. The van der Waals surface area contributed by atoms with Crippen molar-refractivity contribution in [2.24, 2.45) is 0 Å². The molecule has 42 heavy (non-hydrogen) atoms. The highest BCUT2D eigenvalue weighted by atomic mass is 16.5. The fourth-order valence-corrected chi connectivity index (χ4v) is 5.26. The van der Waals surface area contributed by atoms with E-state index in [9.17, 15) is 4.79 Å². The van der Waals surface area contributed by atoms with Crippen molar-refractivity contribution in [1.82, 2.24) is 20.0 Å². The van der Waals surface area contributed by atoms with Crippen LogP contribution in [0.5, 0.6) is 11.5 Å². The molecule has 0 bridgehead atoms. The number of piperidine rings is 1. The number of ether oxygens (including phenoxy) is 1. The second-order valence-corrected chi connectivity index (χ2v) is 11.1. The van der Waals surface area contributed by atoms with Crippen LogP contribution in [0.3, 0.4) is 0 Å². The molecule has 1 saturated heterocycles. The molecule has 2 fully saturated rings. The molecule has 8 heteroatoms. The summed E-state index contributed by atoms with van der Waals surface area (Å²) in [5.74, 6) is 2.35. The third kappa shape index (κ3) is 7.18. The van der Waals surface area contributed by atoms with E-state index in [0.29, 0.717) is 18.3 Å². The Morgan fingerprint density at radius 2 is 1.83 bits per heavy atom. The number of nitrogens with zero attached hydrogens (tertiary/aromatic N) is 3. The van der Waals surface area contributed by atoms with Crippen molar-refractivity contribution in [1.29, 1.82) is 5.41 Å². The van der Waals surface area contributed by atoms with Crippen molar-refractivity contribution < 1.29 is 9.53 Å². The van der Waals surface area contributed by atoms with Crippen LogP contribution >= 0.6 is 0 Å². The monoisotopic (exact) mass is 566 g/mol. The fourth-order valence-electron chi connectivity index (χ4n) is 5.26. The molecule has 3 N–H and O–H groups in total. The zero-order chi connectivity index (χ0) is 29.5. The lowest BCUT2D eigenvalue weighted by atomic mass is 10.0. The molecule has 1 aromatic heterocycles. The summed E-state index contributed by atoms with van der Waals surface area (Å²) in [7, 11) is 1.88. The van der Waals surface area contributed by atoms with E-state index in [0.717, 1.165) is 72.1 Å². The Morgan fingerprint density at radius 3 is 2.52 bits per heavy atom. The van der Waals surface area contributed by atoms with Crippen LogP contribution in [-0.4, -0.2) is 59.0 Å². The lowest BCUT2D eigenvalue weighted by Crippen LogP contribution is -2.40. The second-order valence-electron chi connectivity index (χ2n) is 11.1. The number of aromatic nitrogens is 2. The van der Waals surface area contributed by atoms with Crippen molar-refractivity contribution in [3.05, 3.63) is 84.0 Å². The number of para-hydroxylation sites is 1. The maximum Gasteiger partial charge on any atom is 0.246 e. The van der Waals surface area contributed by atoms with Gasteiger partial charge in [0.15, 0.2) is 0 Å². The largest absolute Gasteiger partial charge is 0.457 e. The highest BCUT2D eigenvalue weighted by Gasteiger charge is 2.30. The van der Waals surface area contributed by atoms with Gasteiger partial charge in [0.25, 0.3) is 0 Å². The summed E-state index contributed by atoms with van der Waals surface area (Å²) >= 11 is 0. The summed E-state index contributed by atoms with van der Waals surface area (Å²) in [5.41, 5.74) is 3.95. The van der Waals surface area contributed by atoms with Crippen molar-refractivity contribution in [3.63, 3.8) is 0 Å². The molecule has 0 spiro atoms. The smallest absolute Gasteiger partial charge is 0.246 e. The number of hydrogen-bond acceptors (Lipinski definition) is 6. The highest BCUT2D eigenvalue weighted by molar-refractivity contribution is 6.14. The molecule has 1 aliphatic heterocycles. The minimum atomic E-state index is 0.000350. The van der Waals surface area contributed by atoms with Gasteiger partial charge in [0.05, 0.1) is 17.3 Å². The van der Waals surface area contributed by atoms with Gasteiger partial charge in [-0.25, -0.2) is 4.68 Å². The van der Waals surface area contributed by atoms with Crippen LogP contribution in [0.15, 0.2) is 78.4 Å². The van der Waals surface area contributed by atoms with Crippen molar-refractivity contribution in [2.45, 2.75) is 58.0 Å². The summed E-state index contributed by atoms with van der Waals surface area (Å²) in [6.45, 7) is 6.19. The molecular weight excluding hydrogens is 524 g/mol. The number of carbonyl (C=O) groups excluding carboxylic acids is 1. The minimum Gasteiger partial charge on any atom is -0.457 e. The lowest BCUT2D eigenvalue weighted by Gasteiger charge is -2.33. The van der Waals surface area contributed by atoms with Gasteiger partial charge < -0.3 is 25.7 Å². The molecule has 1 unspecified atom stereocenters. The number of amides is 1. The van der Waals surface area contributed by atoms with Crippen LogP contribution in [-0.2, 0) is 4.79 Å². The summed E-state index contributed by atoms with van der Waals surface area (Å²) in [6.07, 6.45) is 10.7. The van der Waals surface area contributed by atoms with E-state index in [1.54, 1.807) is 6.08 Å². The molecule has 1 atom stereocenters. The molecule has 2 heterocycles. The van der Waals surface area contributed by atoms with Gasteiger partial charge in [-0.1, -0.05) is 36.8 Å². The van der Waals surface area contributed by atoms with Gasteiger partial charge in [-0.2, -0.15) is 5.10 Å². The van der Waals surface area contributed by atoms with Gasteiger partial charge in [0.1, 0.15) is 23.0 Å². The number of allylic oxidation sites excluding steroid dienone is 2. The van der Waals surface area contributed by atoms with Crippen LogP contribution in [0.1, 0.15) is 57.6 Å². The third-order valence-electron chi connectivity index (χ3n) is 7.89. The maximum absolute atomic E-state index is 13.0. The zero-order valence-corrected chi connectivity index (χ0v) is 24.9. The Bertz CT molecular complexity index is 1440. The average molecular weight is 567 g/mol. The molecule has 2 aromatic carbocycles. The summed E-state index contributed by atoms with van der Waals surface area (Å²) in [4.78, 5) is 14.9. The first-order valence-corrected chi connectivity index (χ1v) is 15.0. The zero-order valence-electron chi connectivity index (χ0n) is 24.9. The Hall–Kier alpha value is -4.17. The van der Waals surface area contributed by atoms with Crippen molar-refractivity contribution in [3.8, 4) is 22.8 Å². The van der Waals surface area contributed by atoms with Gasteiger partial charge in [-0.05, 0) is 81.5 Å². The Balaban J connectivity index is 1.43. The van der Waals surface area contributed by atoms with E-state index < -0.39 is 0 Å². The number of likely N-dealkylation sites (tertiary alicyclic amines) is 1. The fraction of sp³-hybridized carbons (Fsp3) is 0.382. The molecule has 3 aromatic rings. The van der Waals surface area contributed by atoms with Gasteiger partial charge in [0, 0.05) is 44.4 Å². The predicted molar refractivity (Wildman–Crippen MR) is 170 cm³/mol. The molecule has 220 valence electrons. The first-order chi connectivity index (χ1) is 20.5. The van der Waals surface area contributed by atoms with Crippen molar-refractivity contribution in [2.75, 3.05) is 32.0 Å². The average Bonchev–Trinajstić information content (AvgIpc) is 3.77. The van der Waals surface area contributed by atoms with E-state index in [2.05, 4.69) is 17.6 Å². The quantitative estimate of drug-likeness (QED) is 0.170. The molecular formula is C34H42N6O2. The van der Waals surface area contributed by atoms with Gasteiger partial charge in [0.2, 0.25) is 5.91 Å². The van der Waals surface area contributed by atoms with E-state index in [1.807, 2.05) is 90.3 Å². The third-order valence-corrected chi connectivity index (χ3v) is 7.89. The van der Waals surface area contributed by atoms with E-state index in [-0.39, 0.29) is 11.9 Å². The second kappa shape index (κ2) is 13.7. The first kappa shape index (κ1) is 29.3. The number of hydrogen-bond donors (Lipinski definition) is 3. The van der Waals surface area contributed by atoms with Gasteiger partial charge in [-0.15, -0.1) is 0 Å². The number of carbonyl (C=O) groups is 1. The van der Waals surface area contributed by atoms with Crippen LogP contribution in [0.25, 0.3) is 11.3 Å². The normalized spacial score (nSPS) is 17.5. The van der Waals surface area contributed by atoms with E-state index >= 15 is 0 Å². The van der Waals surface area contributed by atoms with Crippen LogP contribution in [0, 0.1) is 5.41 Å². The molecule has 8 nitrogen and oxygen atoms in total. The molecule has 2 aliphatic rings. The summed E-state index contributed by atoms with van der Waals surface area (Å²) in [6, 6.07) is 18.2. The van der Waals surface area contributed by atoms with Crippen molar-refractivity contribution >= 4 is 17.4 Å². The van der Waals surface area contributed by atoms with Crippen LogP contribution < -0.4 is 15.4 Å². The Labute approximate surface area is 249 Å². The van der Waals surface area contributed by atoms with Crippen LogP contribution in [0.2, 0.25) is 0 Å². The minimum absolute atomic E-state index is 0.000350. The maximum atomic E-state index is 13.0. The van der Waals surface area contributed by atoms with Crippen LogP contribution in [0.4, 0.5) is 5.82 Å². The number of anilines is 1. The standard InChI is InChI=1S/C34H42N6O2/c1-4-24(2)22-30(35)32-33(25-14-18-29(19-15-25)42-28-11-6-5-7-12-28)38-40(34(32)36-3)27-10-9-21-39(23-27)31(41)13-8-20-37-26-16-17-26/h5-8,11-15,18-19,22,26-27,35-37H,4,9-10,16-17,20-21,23H2,1-3H3. The van der Waals surface area contributed by atoms with Gasteiger partial charge >= 0.3 is 0 Å². The highest BCUT2D eigenvalue weighted by Crippen LogP contribution is 2.35. The first-order valence-electron chi connectivity index (χ1n) is 15.0. The SMILES string of the molecule is CCC(C)=CC(=N)c1c(-c2ccc(Oc3ccccc3)cc2)nn(C2CCCN(C(=O)C=CCNC3CC3)C2)c1NC. The summed E-state index contributed by atoms with van der Waals surface area (Å²) in [5, 5.41) is 21.0. The van der Waals surface area contributed by atoms with Gasteiger partial charge in [-0.3, -0.25) is 4.79 Å². The number of nitrogens with one attached hydrogen (secondary N) is 3. The van der Waals surface area contributed by atoms with E-state index in [1.165, 1.54) is 12.8 Å². The predicted octanol–water partition coefficient (Wildman–Crippen LogP) is 6.58. The number of benzene rings is 2. The van der Waals surface area contributed by atoms with E-state index in [4.69, 9.17) is 15.2 Å². The Morgan fingerprint density at radius 1 is 1.10 bits per heavy atom. The molecule has 5 rings (SSSR count). The molecule has 0 radical (unpaired) electrons. The summed E-state index contributed by atoms with van der Waals surface area (Å²) < 4.78 is 8.01. The molecule has 1 aliphatic carbocycles.